The summed E-state index contributed by atoms with van der Waals surface area (Å²) in [5.41, 5.74) is 0.562. The van der Waals surface area contributed by atoms with Crippen LogP contribution in [0, 0.1) is 0 Å². The fraction of sp³-hybridized carbons (Fsp3) is 0.273. The van der Waals surface area contributed by atoms with Crippen molar-refractivity contribution in [2.45, 2.75) is 19.6 Å². The molecular weight excluding hydrogens is 198 g/mol. The van der Waals surface area contributed by atoms with Crippen molar-refractivity contribution in [2.24, 2.45) is 0 Å². The highest BCUT2D eigenvalue weighted by Crippen LogP contribution is 2.09. The lowest BCUT2D eigenvalue weighted by molar-refractivity contribution is 0.429. The Morgan fingerprint density at radius 3 is 1.93 bits per heavy atom. The maximum absolute atomic E-state index is 11.9. The average Bonchev–Trinajstić information content (AvgIpc) is 2.02. The molecular formula is C11H14F2Si. The van der Waals surface area contributed by atoms with E-state index in [-0.39, 0.29) is 0 Å². The number of hydrogen-bond donors (Lipinski definition) is 0. The highest BCUT2D eigenvalue weighted by Gasteiger charge is 2.15. The van der Waals surface area contributed by atoms with Gasteiger partial charge in [0.15, 0.2) is 0 Å². The van der Waals surface area contributed by atoms with Crippen LogP contribution in [0.3, 0.4) is 0 Å². The van der Waals surface area contributed by atoms with E-state index < -0.39 is 14.2 Å². The van der Waals surface area contributed by atoms with Gasteiger partial charge in [-0.05, 0) is 5.56 Å². The summed E-state index contributed by atoms with van der Waals surface area (Å²) in [5.74, 6) is 0. The Morgan fingerprint density at radius 2 is 1.57 bits per heavy atom. The van der Waals surface area contributed by atoms with Gasteiger partial charge in [0.2, 0.25) is 0 Å². The Labute approximate surface area is 84.3 Å². The number of hydrogen-bond acceptors (Lipinski definition) is 0. The molecule has 1 aromatic carbocycles. The lowest BCUT2D eigenvalue weighted by atomic mass is 10.2. The first kappa shape index (κ1) is 11.1. The molecule has 0 spiro atoms. The minimum Gasteiger partial charge on any atom is -0.173 e. The van der Waals surface area contributed by atoms with Gasteiger partial charge in [-0.15, -0.1) is 0 Å². The molecule has 0 amide bonds. The monoisotopic (exact) mass is 212 g/mol. The van der Waals surface area contributed by atoms with Crippen molar-refractivity contribution >= 4 is 19.3 Å². The molecule has 0 nitrogen and oxygen atoms in total. The Bertz CT molecular complexity index is 329. The van der Waals surface area contributed by atoms with Gasteiger partial charge in [0.1, 0.15) is 0 Å². The molecule has 0 fully saturated rings. The molecule has 0 atom stereocenters. The molecule has 1 aromatic rings. The second-order valence-corrected chi connectivity index (χ2v) is 9.38. The van der Waals surface area contributed by atoms with E-state index in [1.54, 1.807) is 12.1 Å². The van der Waals surface area contributed by atoms with Gasteiger partial charge < -0.3 is 0 Å². The minimum atomic E-state index is -1.65. The van der Waals surface area contributed by atoms with Gasteiger partial charge in [0.05, 0.1) is 8.07 Å². The van der Waals surface area contributed by atoms with Crippen LogP contribution in [-0.2, 0) is 0 Å². The lowest BCUT2D eigenvalue weighted by Gasteiger charge is -2.16. The topological polar surface area (TPSA) is 0 Å². The summed E-state index contributed by atoms with van der Waals surface area (Å²) in [5, 5.41) is 1.29. The van der Waals surface area contributed by atoms with E-state index in [0.29, 0.717) is 5.56 Å². The normalized spacial score (nSPS) is 11.2. The molecule has 0 unspecified atom stereocenters. The van der Waals surface area contributed by atoms with Gasteiger partial charge in [-0.25, -0.2) is 0 Å². The Hall–Kier alpha value is -0.963. The first-order chi connectivity index (χ1) is 6.39. The summed E-state index contributed by atoms with van der Waals surface area (Å²) >= 11 is 0. The van der Waals surface area contributed by atoms with E-state index >= 15 is 0 Å². The third kappa shape index (κ3) is 3.07. The van der Waals surface area contributed by atoms with E-state index in [1.807, 2.05) is 12.1 Å². The van der Waals surface area contributed by atoms with Crippen LogP contribution in [0.2, 0.25) is 19.6 Å². The van der Waals surface area contributed by atoms with Gasteiger partial charge in [0.25, 0.3) is 6.08 Å². The quantitative estimate of drug-likeness (QED) is 0.658. The molecule has 3 heteroatoms. The van der Waals surface area contributed by atoms with Crippen molar-refractivity contribution in [3.05, 3.63) is 35.9 Å². The molecule has 14 heavy (non-hydrogen) atoms. The maximum Gasteiger partial charge on any atom is 0.270 e. The molecule has 1 rings (SSSR count). The van der Waals surface area contributed by atoms with E-state index in [9.17, 15) is 8.78 Å². The summed E-state index contributed by atoms with van der Waals surface area (Å²) in [4.78, 5) is 0. The standard InChI is InChI=1S/C11H14F2Si/c1-14(2,3)10-6-4-9(5-7-10)8-11(12)13/h4-8H,1-3H3. The lowest BCUT2D eigenvalue weighted by Crippen LogP contribution is -2.37. The number of halogens is 2. The molecule has 0 aromatic heterocycles. The van der Waals surface area contributed by atoms with Crippen molar-refractivity contribution in [3.8, 4) is 0 Å². The number of benzene rings is 1. The van der Waals surface area contributed by atoms with Crippen LogP contribution < -0.4 is 5.19 Å². The van der Waals surface area contributed by atoms with Crippen LogP contribution in [-0.4, -0.2) is 8.07 Å². The third-order valence-corrected chi connectivity index (χ3v) is 4.12. The fourth-order valence-corrected chi connectivity index (χ4v) is 2.37. The Morgan fingerprint density at radius 1 is 1.07 bits per heavy atom. The smallest absolute Gasteiger partial charge is 0.173 e. The molecule has 0 aliphatic rings. The Kier molecular flexibility index (Phi) is 3.21. The van der Waals surface area contributed by atoms with Crippen molar-refractivity contribution in [2.75, 3.05) is 0 Å². The van der Waals surface area contributed by atoms with Crippen LogP contribution >= 0.6 is 0 Å². The molecule has 0 heterocycles. The van der Waals surface area contributed by atoms with Gasteiger partial charge in [-0.2, -0.15) is 8.78 Å². The minimum absolute atomic E-state index is 0.562. The molecule has 0 N–H and O–H groups in total. The second-order valence-electron chi connectivity index (χ2n) is 4.31. The molecule has 76 valence electrons. The Balaban J connectivity index is 2.95. The van der Waals surface area contributed by atoms with Crippen molar-refractivity contribution in [1.82, 2.24) is 0 Å². The van der Waals surface area contributed by atoms with Crippen LogP contribution in [0.25, 0.3) is 6.08 Å². The van der Waals surface area contributed by atoms with E-state index in [4.69, 9.17) is 0 Å². The largest absolute Gasteiger partial charge is 0.270 e. The summed E-state index contributed by atoms with van der Waals surface area (Å²) in [6.45, 7) is 6.69. The highest BCUT2D eigenvalue weighted by molar-refractivity contribution is 6.88. The van der Waals surface area contributed by atoms with Crippen molar-refractivity contribution in [3.63, 3.8) is 0 Å². The maximum atomic E-state index is 11.9. The van der Waals surface area contributed by atoms with Gasteiger partial charge in [-0.3, -0.25) is 0 Å². The first-order valence-electron chi connectivity index (χ1n) is 4.53. The van der Waals surface area contributed by atoms with Crippen LogP contribution in [0.15, 0.2) is 30.3 Å². The zero-order chi connectivity index (χ0) is 10.8. The first-order valence-corrected chi connectivity index (χ1v) is 8.03. The summed E-state index contributed by atoms with van der Waals surface area (Å²) < 4.78 is 23.8. The third-order valence-electron chi connectivity index (χ3n) is 2.05. The van der Waals surface area contributed by atoms with E-state index in [2.05, 4.69) is 19.6 Å². The summed E-state index contributed by atoms with van der Waals surface area (Å²) in [6, 6.07) is 7.38. The van der Waals surface area contributed by atoms with Crippen LogP contribution in [0.1, 0.15) is 5.56 Å². The molecule has 0 radical (unpaired) electrons. The molecule has 0 aliphatic carbocycles. The number of rotatable bonds is 2. The van der Waals surface area contributed by atoms with Crippen LogP contribution in [0.4, 0.5) is 8.78 Å². The zero-order valence-corrected chi connectivity index (χ0v) is 9.64. The zero-order valence-electron chi connectivity index (χ0n) is 8.64. The molecule has 0 saturated heterocycles. The van der Waals surface area contributed by atoms with Gasteiger partial charge >= 0.3 is 0 Å². The van der Waals surface area contributed by atoms with Crippen molar-refractivity contribution in [1.29, 1.82) is 0 Å². The molecule has 0 bridgehead atoms. The van der Waals surface area contributed by atoms with Crippen molar-refractivity contribution < 1.29 is 8.78 Å². The second kappa shape index (κ2) is 4.05. The van der Waals surface area contributed by atoms with Crippen LogP contribution in [0.5, 0.6) is 0 Å². The van der Waals surface area contributed by atoms with E-state index in [0.717, 1.165) is 6.08 Å². The molecule has 0 saturated carbocycles. The van der Waals surface area contributed by atoms with Gasteiger partial charge in [0, 0.05) is 6.08 Å². The predicted octanol–water partition coefficient (Wildman–Crippen LogP) is 3.47. The summed E-state index contributed by atoms with van der Waals surface area (Å²) in [7, 11) is -1.30. The van der Waals surface area contributed by atoms with Gasteiger partial charge in [-0.1, -0.05) is 49.1 Å². The van der Waals surface area contributed by atoms with E-state index in [1.165, 1.54) is 5.19 Å². The average molecular weight is 212 g/mol. The highest BCUT2D eigenvalue weighted by atomic mass is 28.3. The predicted molar refractivity (Wildman–Crippen MR) is 59.6 cm³/mol. The summed E-state index contributed by atoms with van der Waals surface area (Å²) in [6.07, 6.45) is -0.765. The SMILES string of the molecule is C[Si](C)(C)c1ccc(C=C(F)F)cc1. The fourth-order valence-electron chi connectivity index (χ4n) is 1.21. The molecule has 0 aliphatic heterocycles.